The van der Waals surface area contributed by atoms with Crippen LogP contribution in [0.25, 0.3) is 89.2 Å². The predicted octanol–water partition coefficient (Wildman–Crippen LogP) is 13.4. The fourth-order valence-corrected chi connectivity index (χ4v) is 9.43. The highest BCUT2D eigenvalue weighted by atomic mass is 15.0. The van der Waals surface area contributed by atoms with Crippen LogP contribution in [-0.2, 0) is 10.8 Å². The first-order valence-corrected chi connectivity index (χ1v) is 20.3. The fourth-order valence-electron chi connectivity index (χ4n) is 9.43. The Morgan fingerprint density at radius 3 is 1.28 bits per heavy atom. The van der Waals surface area contributed by atoms with Gasteiger partial charge in [0.2, 0.25) is 0 Å². The number of hydrogen-bond acceptors (Lipinski definition) is 3. The monoisotopic (exact) mass is 749 g/mol. The van der Waals surface area contributed by atoms with Crippen molar-refractivity contribution in [3.63, 3.8) is 0 Å². The van der Waals surface area contributed by atoms with Crippen LogP contribution >= 0.6 is 0 Å². The Balaban J connectivity index is 1.09. The molecule has 10 aromatic rings. The van der Waals surface area contributed by atoms with Gasteiger partial charge in [-0.15, -0.1) is 0 Å². The van der Waals surface area contributed by atoms with Gasteiger partial charge in [-0.05, 0) is 89.4 Å². The smallest absolute Gasteiger partial charge is 0.164 e. The molecule has 0 amide bonds. The lowest BCUT2D eigenvalue weighted by molar-refractivity contribution is 0.332. The Morgan fingerprint density at radius 2 is 0.759 bits per heavy atom. The third-order valence-electron chi connectivity index (χ3n) is 12.6. The lowest BCUT2D eigenvalue weighted by atomic mass is 9.63. The molecule has 0 N–H and O–H groups in total. The summed E-state index contributed by atoms with van der Waals surface area (Å²) in [5.41, 5.74) is 12.8. The summed E-state index contributed by atoms with van der Waals surface area (Å²) in [5.74, 6) is 1.90. The maximum absolute atomic E-state index is 5.25. The average Bonchev–Trinajstić information content (AvgIpc) is 3.78. The van der Waals surface area contributed by atoms with E-state index in [0.717, 1.165) is 39.1 Å². The standard InChI is InChI=1S/C53H43N5/c1-52(2)28-29-53(3,4)44-33-48-42(32-43(44)52)41-24-10-13-27-47(41)58(48)38-21-15-19-36(31-38)51-55-49(34-16-6-5-7-17-34)54-50(56-51)35-18-14-20-37(30-35)57-45-25-11-8-22-39(45)40-23-9-12-26-46(40)57/h5-27,30-33H,28-29H2,1-4H3. The summed E-state index contributed by atoms with van der Waals surface area (Å²) in [4.78, 5) is 15.5. The van der Waals surface area contributed by atoms with Gasteiger partial charge in [-0.3, -0.25) is 0 Å². The zero-order valence-electron chi connectivity index (χ0n) is 33.2. The van der Waals surface area contributed by atoms with E-state index in [1.807, 2.05) is 18.2 Å². The molecule has 0 bridgehead atoms. The molecule has 5 nitrogen and oxygen atoms in total. The third kappa shape index (κ3) is 5.41. The van der Waals surface area contributed by atoms with Gasteiger partial charge in [0.1, 0.15) is 0 Å². The Kier molecular flexibility index (Phi) is 7.61. The molecule has 280 valence electrons. The van der Waals surface area contributed by atoms with Crippen molar-refractivity contribution in [2.24, 2.45) is 0 Å². The molecule has 0 saturated carbocycles. The van der Waals surface area contributed by atoms with Crippen molar-refractivity contribution in [2.45, 2.75) is 51.4 Å². The number of fused-ring (bicyclic) bond motifs is 7. The highest BCUT2D eigenvalue weighted by Crippen LogP contribution is 2.48. The molecular weight excluding hydrogens is 707 g/mol. The van der Waals surface area contributed by atoms with Crippen LogP contribution in [-0.4, -0.2) is 24.1 Å². The molecule has 0 spiro atoms. The molecule has 0 fully saturated rings. The molecule has 0 unspecified atom stereocenters. The van der Waals surface area contributed by atoms with Crippen LogP contribution in [0, 0.1) is 0 Å². The summed E-state index contributed by atoms with van der Waals surface area (Å²) in [7, 11) is 0. The normalized spacial score (nSPS) is 14.7. The van der Waals surface area contributed by atoms with Gasteiger partial charge in [-0.1, -0.05) is 137 Å². The van der Waals surface area contributed by atoms with Crippen LogP contribution in [0.1, 0.15) is 51.7 Å². The number of aromatic nitrogens is 5. The quantitative estimate of drug-likeness (QED) is 0.176. The number of benzene rings is 7. The van der Waals surface area contributed by atoms with Crippen LogP contribution in [0.15, 0.2) is 164 Å². The van der Waals surface area contributed by atoms with E-state index in [1.165, 1.54) is 56.5 Å². The zero-order chi connectivity index (χ0) is 39.2. The Labute approximate surface area is 338 Å². The molecule has 11 rings (SSSR count). The summed E-state index contributed by atoms with van der Waals surface area (Å²) in [5, 5.41) is 5.02. The average molecular weight is 750 g/mol. The van der Waals surface area contributed by atoms with E-state index in [9.17, 15) is 0 Å². The van der Waals surface area contributed by atoms with E-state index in [-0.39, 0.29) is 10.8 Å². The predicted molar refractivity (Wildman–Crippen MR) is 240 cm³/mol. The molecule has 7 aromatic carbocycles. The van der Waals surface area contributed by atoms with Crippen LogP contribution in [0.3, 0.4) is 0 Å². The van der Waals surface area contributed by atoms with Crippen LogP contribution in [0.2, 0.25) is 0 Å². The molecule has 0 atom stereocenters. The van der Waals surface area contributed by atoms with Gasteiger partial charge in [-0.2, -0.15) is 0 Å². The summed E-state index contributed by atoms with van der Waals surface area (Å²) in [6.07, 6.45) is 2.35. The Morgan fingerprint density at radius 1 is 0.362 bits per heavy atom. The Bertz CT molecular complexity index is 3180. The van der Waals surface area contributed by atoms with Gasteiger partial charge in [0.05, 0.1) is 22.1 Å². The van der Waals surface area contributed by atoms with Crippen molar-refractivity contribution in [1.82, 2.24) is 24.1 Å². The van der Waals surface area contributed by atoms with Crippen LogP contribution in [0.5, 0.6) is 0 Å². The van der Waals surface area contributed by atoms with E-state index in [0.29, 0.717) is 17.5 Å². The van der Waals surface area contributed by atoms with Crippen molar-refractivity contribution in [1.29, 1.82) is 0 Å². The number of nitrogens with zero attached hydrogens (tertiary/aromatic N) is 5. The molecule has 1 aliphatic carbocycles. The van der Waals surface area contributed by atoms with Crippen LogP contribution < -0.4 is 0 Å². The maximum Gasteiger partial charge on any atom is 0.164 e. The maximum atomic E-state index is 5.25. The molecular formula is C53H43N5. The fraction of sp³-hybridized carbons (Fsp3) is 0.151. The first-order chi connectivity index (χ1) is 28.2. The largest absolute Gasteiger partial charge is 0.309 e. The first-order valence-electron chi connectivity index (χ1n) is 20.3. The van der Waals surface area contributed by atoms with Crippen molar-refractivity contribution < 1.29 is 0 Å². The van der Waals surface area contributed by atoms with E-state index in [2.05, 4.69) is 182 Å². The molecule has 1 aliphatic rings. The van der Waals surface area contributed by atoms with Crippen molar-refractivity contribution in [2.75, 3.05) is 0 Å². The first kappa shape index (κ1) is 34.4. The van der Waals surface area contributed by atoms with Gasteiger partial charge >= 0.3 is 0 Å². The second-order valence-electron chi connectivity index (χ2n) is 17.2. The van der Waals surface area contributed by atoms with Crippen molar-refractivity contribution >= 4 is 43.6 Å². The van der Waals surface area contributed by atoms with Crippen molar-refractivity contribution in [3.8, 4) is 45.5 Å². The van der Waals surface area contributed by atoms with E-state index in [4.69, 9.17) is 15.0 Å². The van der Waals surface area contributed by atoms with E-state index >= 15 is 0 Å². The Hall–Kier alpha value is -6.85. The van der Waals surface area contributed by atoms with Gasteiger partial charge in [-0.25, -0.2) is 15.0 Å². The second kappa shape index (κ2) is 12.8. The molecule has 0 saturated heterocycles. The number of para-hydroxylation sites is 3. The third-order valence-corrected chi connectivity index (χ3v) is 12.6. The van der Waals surface area contributed by atoms with Crippen LogP contribution in [0.4, 0.5) is 0 Å². The SMILES string of the molecule is CC1(C)CCC(C)(C)c2cc3c(cc21)c1ccccc1n3-c1cccc(-c2nc(-c3ccccc3)nc(-c3cccc(-n4c5ccccc5c5ccccc54)c3)n2)c1. The second-order valence-corrected chi connectivity index (χ2v) is 17.2. The summed E-state index contributed by atoms with van der Waals surface area (Å²) >= 11 is 0. The van der Waals surface area contributed by atoms with Gasteiger partial charge in [0.15, 0.2) is 17.5 Å². The van der Waals surface area contributed by atoms with Gasteiger partial charge in [0, 0.05) is 49.6 Å². The highest BCUT2D eigenvalue weighted by Gasteiger charge is 2.38. The lowest BCUT2D eigenvalue weighted by Crippen LogP contribution is -2.33. The topological polar surface area (TPSA) is 48.5 Å². The number of rotatable bonds is 5. The molecule has 0 radical (unpaired) electrons. The minimum Gasteiger partial charge on any atom is -0.309 e. The summed E-state index contributed by atoms with van der Waals surface area (Å²) in [6, 6.07) is 58.5. The summed E-state index contributed by atoms with van der Waals surface area (Å²) < 4.78 is 4.77. The van der Waals surface area contributed by atoms with Crippen molar-refractivity contribution in [3.05, 3.63) is 175 Å². The molecule has 0 aliphatic heterocycles. The van der Waals surface area contributed by atoms with Gasteiger partial charge < -0.3 is 9.13 Å². The summed E-state index contributed by atoms with van der Waals surface area (Å²) in [6.45, 7) is 9.62. The highest BCUT2D eigenvalue weighted by molar-refractivity contribution is 6.10. The number of hydrogen-bond donors (Lipinski definition) is 0. The molecule has 58 heavy (non-hydrogen) atoms. The van der Waals surface area contributed by atoms with Gasteiger partial charge in [0.25, 0.3) is 0 Å². The minimum absolute atomic E-state index is 0.0934. The molecule has 5 heteroatoms. The molecule has 3 aromatic heterocycles. The zero-order valence-corrected chi connectivity index (χ0v) is 33.2. The lowest BCUT2D eigenvalue weighted by Gasteiger charge is -2.42. The minimum atomic E-state index is 0.0934. The van der Waals surface area contributed by atoms with E-state index < -0.39 is 0 Å². The molecule has 3 heterocycles. The van der Waals surface area contributed by atoms with E-state index in [1.54, 1.807) is 0 Å².